The molecule has 0 spiro atoms. The first-order chi connectivity index (χ1) is 13.1. The highest BCUT2D eigenvalue weighted by atomic mass is 79.9. The van der Waals surface area contributed by atoms with Crippen molar-refractivity contribution in [3.8, 4) is 5.75 Å². The maximum Gasteiger partial charge on any atom is 0.258 e. The van der Waals surface area contributed by atoms with Crippen LogP contribution in [-0.4, -0.2) is 27.0 Å². The lowest BCUT2D eigenvalue weighted by molar-refractivity contribution is -0.123. The molecule has 0 heterocycles. The first-order valence-electron chi connectivity index (χ1n) is 8.89. The lowest BCUT2D eigenvalue weighted by Crippen LogP contribution is -2.31. The first kappa shape index (κ1) is 22.4. The summed E-state index contributed by atoms with van der Waals surface area (Å²) in [5.74, 6) is 0.211. The lowest BCUT2D eigenvalue weighted by Gasteiger charge is -2.16. The number of hydrogen-bond acceptors (Lipinski definition) is 4. The Morgan fingerprint density at radius 3 is 2.32 bits per heavy atom. The maximum absolute atomic E-state index is 12.2. The Morgan fingerprint density at radius 2 is 1.75 bits per heavy atom. The van der Waals surface area contributed by atoms with E-state index in [4.69, 9.17) is 4.74 Å². The van der Waals surface area contributed by atoms with E-state index in [2.05, 4.69) is 26.0 Å². The van der Waals surface area contributed by atoms with Gasteiger partial charge in [-0.3, -0.25) is 4.79 Å². The molecule has 0 unspecified atom stereocenters. The van der Waals surface area contributed by atoms with Gasteiger partial charge < -0.3 is 10.1 Å². The first-order valence-corrected chi connectivity index (χ1v) is 11.2. The average molecular weight is 469 g/mol. The third kappa shape index (κ3) is 6.32. The minimum Gasteiger partial charge on any atom is -0.484 e. The van der Waals surface area contributed by atoms with Crippen LogP contribution in [0.1, 0.15) is 37.9 Å². The molecule has 152 valence electrons. The average Bonchev–Trinajstić information content (AvgIpc) is 2.60. The highest BCUT2D eigenvalue weighted by Crippen LogP contribution is 2.22. The van der Waals surface area contributed by atoms with E-state index in [-0.39, 0.29) is 29.5 Å². The molecule has 0 radical (unpaired) electrons. The molecular weight excluding hydrogens is 444 g/mol. The molecule has 2 aromatic rings. The van der Waals surface area contributed by atoms with Crippen LogP contribution in [0.5, 0.6) is 5.75 Å². The fourth-order valence-corrected chi connectivity index (χ4v) is 4.19. The van der Waals surface area contributed by atoms with Crippen LogP contribution in [0.25, 0.3) is 0 Å². The van der Waals surface area contributed by atoms with Crippen LogP contribution in [0, 0.1) is 6.92 Å². The van der Waals surface area contributed by atoms with Crippen molar-refractivity contribution >= 4 is 31.9 Å². The Kier molecular flexibility index (Phi) is 7.63. The number of carbonyl (C=O) groups excluding carboxylic acids is 1. The van der Waals surface area contributed by atoms with Crippen molar-refractivity contribution < 1.29 is 17.9 Å². The smallest absolute Gasteiger partial charge is 0.258 e. The predicted octanol–water partition coefficient (Wildman–Crippen LogP) is 3.70. The number of sulfonamides is 1. The highest BCUT2D eigenvalue weighted by molar-refractivity contribution is 9.10. The molecule has 2 rings (SSSR count). The summed E-state index contributed by atoms with van der Waals surface area (Å²) in [5.41, 5.74) is 1.63. The van der Waals surface area contributed by atoms with Gasteiger partial charge >= 0.3 is 0 Å². The fourth-order valence-electron chi connectivity index (χ4n) is 2.59. The van der Waals surface area contributed by atoms with E-state index in [0.717, 1.165) is 10.0 Å². The van der Waals surface area contributed by atoms with E-state index in [0.29, 0.717) is 11.3 Å². The molecular formula is C20H25BrN2O4S. The van der Waals surface area contributed by atoms with Crippen molar-refractivity contribution in [3.05, 3.63) is 58.1 Å². The Hall–Kier alpha value is -1.90. The van der Waals surface area contributed by atoms with E-state index in [9.17, 15) is 13.2 Å². The van der Waals surface area contributed by atoms with E-state index < -0.39 is 10.0 Å². The zero-order valence-corrected chi connectivity index (χ0v) is 18.7. The molecule has 0 bridgehead atoms. The van der Waals surface area contributed by atoms with Crippen LogP contribution < -0.4 is 14.8 Å². The summed E-state index contributed by atoms with van der Waals surface area (Å²) in [6, 6.07) is 11.9. The third-order valence-corrected chi connectivity index (χ3v) is 6.14. The molecule has 0 aliphatic carbocycles. The van der Waals surface area contributed by atoms with E-state index in [1.165, 1.54) is 12.1 Å². The lowest BCUT2D eigenvalue weighted by atomic mass is 10.1. The van der Waals surface area contributed by atoms with Crippen LogP contribution in [0.4, 0.5) is 0 Å². The number of hydrogen-bond donors (Lipinski definition) is 2. The van der Waals surface area contributed by atoms with Gasteiger partial charge in [0.2, 0.25) is 10.0 Å². The molecule has 1 amide bonds. The number of carbonyl (C=O) groups is 1. The SMILES string of the molecule is Cc1cc(S(=O)(=O)NC(C)C)ccc1OCC(=O)N[C@H](C)c1ccc(Br)cc1. The number of aryl methyl sites for hydroxylation is 1. The molecule has 0 aliphatic rings. The van der Waals surface area contributed by atoms with Crippen molar-refractivity contribution in [3.63, 3.8) is 0 Å². The van der Waals surface area contributed by atoms with Crippen molar-refractivity contribution in [2.24, 2.45) is 0 Å². The van der Waals surface area contributed by atoms with Gasteiger partial charge in [-0.25, -0.2) is 13.1 Å². The Morgan fingerprint density at radius 1 is 1.11 bits per heavy atom. The second kappa shape index (κ2) is 9.54. The van der Waals surface area contributed by atoms with Gasteiger partial charge in [-0.2, -0.15) is 0 Å². The topological polar surface area (TPSA) is 84.5 Å². The van der Waals surface area contributed by atoms with Crippen molar-refractivity contribution in [1.82, 2.24) is 10.0 Å². The number of halogens is 1. The number of amides is 1. The van der Waals surface area contributed by atoms with Gasteiger partial charge in [-0.15, -0.1) is 0 Å². The number of nitrogens with one attached hydrogen (secondary N) is 2. The second-order valence-corrected chi connectivity index (χ2v) is 9.46. The predicted molar refractivity (Wildman–Crippen MR) is 113 cm³/mol. The van der Waals surface area contributed by atoms with Crippen LogP contribution in [0.15, 0.2) is 51.8 Å². The summed E-state index contributed by atoms with van der Waals surface area (Å²) in [6.45, 7) is 7.00. The summed E-state index contributed by atoms with van der Waals surface area (Å²) in [4.78, 5) is 12.3. The second-order valence-electron chi connectivity index (χ2n) is 6.83. The van der Waals surface area contributed by atoms with Gasteiger partial charge in [-0.1, -0.05) is 28.1 Å². The molecule has 28 heavy (non-hydrogen) atoms. The van der Waals surface area contributed by atoms with Gasteiger partial charge in [0.25, 0.3) is 5.91 Å². The Bertz CT molecular complexity index is 928. The summed E-state index contributed by atoms with van der Waals surface area (Å²) in [5, 5.41) is 2.88. The molecule has 0 saturated carbocycles. The molecule has 0 aliphatic heterocycles. The summed E-state index contributed by atoms with van der Waals surface area (Å²) >= 11 is 3.38. The molecule has 0 saturated heterocycles. The number of rotatable bonds is 8. The van der Waals surface area contributed by atoms with Crippen LogP contribution in [0.3, 0.4) is 0 Å². The van der Waals surface area contributed by atoms with E-state index >= 15 is 0 Å². The molecule has 1 atom stereocenters. The molecule has 2 aromatic carbocycles. The highest BCUT2D eigenvalue weighted by Gasteiger charge is 2.17. The van der Waals surface area contributed by atoms with Gasteiger partial charge in [0, 0.05) is 10.5 Å². The molecule has 6 nitrogen and oxygen atoms in total. The van der Waals surface area contributed by atoms with Crippen molar-refractivity contribution in [2.75, 3.05) is 6.61 Å². The molecule has 0 aromatic heterocycles. The monoisotopic (exact) mass is 468 g/mol. The maximum atomic E-state index is 12.2. The fraction of sp³-hybridized carbons (Fsp3) is 0.350. The number of ether oxygens (including phenoxy) is 1. The Labute approximate surface area is 174 Å². The zero-order valence-electron chi connectivity index (χ0n) is 16.3. The summed E-state index contributed by atoms with van der Waals surface area (Å²) in [6.07, 6.45) is 0. The van der Waals surface area contributed by atoms with E-state index in [1.54, 1.807) is 26.8 Å². The summed E-state index contributed by atoms with van der Waals surface area (Å²) in [7, 11) is -3.57. The molecule has 8 heteroatoms. The van der Waals surface area contributed by atoms with Gasteiger partial charge in [-0.05, 0) is 69.2 Å². The number of benzene rings is 2. The van der Waals surface area contributed by atoms with Crippen LogP contribution >= 0.6 is 15.9 Å². The molecule has 0 fully saturated rings. The van der Waals surface area contributed by atoms with E-state index in [1.807, 2.05) is 31.2 Å². The molecule has 2 N–H and O–H groups in total. The van der Waals surface area contributed by atoms with Crippen LogP contribution in [0.2, 0.25) is 0 Å². The largest absolute Gasteiger partial charge is 0.484 e. The van der Waals surface area contributed by atoms with Crippen LogP contribution in [-0.2, 0) is 14.8 Å². The Balaban J connectivity index is 1.96. The normalized spacial score (nSPS) is 12.6. The quantitative estimate of drug-likeness (QED) is 0.618. The van der Waals surface area contributed by atoms with Crippen molar-refractivity contribution in [2.45, 2.75) is 44.7 Å². The van der Waals surface area contributed by atoms with Gasteiger partial charge in [0.05, 0.1) is 10.9 Å². The standard InChI is InChI=1S/C20H25BrN2O4S/c1-13(2)23-28(25,26)18-9-10-19(14(3)11-18)27-12-20(24)22-15(4)16-5-7-17(21)8-6-16/h5-11,13,15,23H,12H2,1-4H3,(H,22,24)/t15-/m1/s1. The van der Waals surface area contributed by atoms with Gasteiger partial charge in [0.15, 0.2) is 6.61 Å². The minimum atomic E-state index is -3.57. The zero-order chi connectivity index (χ0) is 20.9. The van der Waals surface area contributed by atoms with Crippen molar-refractivity contribution in [1.29, 1.82) is 0 Å². The van der Waals surface area contributed by atoms with Gasteiger partial charge in [0.1, 0.15) is 5.75 Å². The summed E-state index contributed by atoms with van der Waals surface area (Å²) < 4.78 is 33.5. The minimum absolute atomic E-state index is 0.153. The third-order valence-electron chi connectivity index (χ3n) is 3.95.